The molecule has 0 aliphatic carbocycles. The summed E-state index contributed by atoms with van der Waals surface area (Å²) >= 11 is 0. The second-order valence-corrected chi connectivity index (χ2v) is 7.43. The number of nitrogens with zero attached hydrogens (tertiary/aromatic N) is 2. The predicted octanol–water partition coefficient (Wildman–Crippen LogP) is 2.86. The van der Waals surface area contributed by atoms with Crippen molar-refractivity contribution < 1.29 is 9.53 Å². The summed E-state index contributed by atoms with van der Waals surface area (Å²) in [6.07, 6.45) is 2.79. The quantitative estimate of drug-likeness (QED) is 0.856. The van der Waals surface area contributed by atoms with Crippen LogP contribution < -0.4 is 4.90 Å². The van der Waals surface area contributed by atoms with Crippen molar-refractivity contribution >= 4 is 11.6 Å². The Labute approximate surface area is 139 Å². The molecule has 4 heteroatoms. The molecule has 3 rings (SSSR count). The molecule has 1 fully saturated rings. The maximum Gasteiger partial charge on any atom is 0.222 e. The van der Waals surface area contributed by atoms with Gasteiger partial charge in [0.1, 0.15) is 0 Å². The smallest absolute Gasteiger partial charge is 0.222 e. The number of anilines is 1. The van der Waals surface area contributed by atoms with E-state index < -0.39 is 0 Å². The highest BCUT2D eigenvalue weighted by atomic mass is 16.5. The minimum Gasteiger partial charge on any atom is -0.371 e. The zero-order valence-electron chi connectivity index (χ0n) is 14.5. The van der Waals surface area contributed by atoms with Gasteiger partial charge in [-0.05, 0) is 45.2 Å². The number of carbonyl (C=O) groups is 1. The fourth-order valence-electron chi connectivity index (χ4n) is 3.86. The number of hydrogen-bond donors (Lipinski definition) is 0. The average molecular weight is 316 g/mol. The first-order valence-corrected chi connectivity index (χ1v) is 8.73. The van der Waals surface area contributed by atoms with Gasteiger partial charge in [0.25, 0.3) is 0 Å². The third-order valence-electron chi connectivity index (χ3n) is 4.72. The third-order valence-corrected chi connectivity index (χ3v) is 4.72. The van der Waals surface area contributed by atoms with Gasteiger partial charge in [-0.25, -0.2) is 0 Å². The zero-order chi connectivity index (χ0) is 16.4. The van der Waals surface area contributed by atoms with Gasteiger partial charge < -0.3 is 14.5 Å². The fourth-order valence-corrected chi connectivity index (χ4v) is 3.86. The van der Waals surface area contributed by atoms with Crippen molar-refractivity contribution in [1.29, 1.82) is 0 Å². The second kappa shape index (κ2) is 6.52. The Kier molecular flexibility index (Phi) is 4.62. The van der Waals surface area contributed by atoms with Gasteiger partial charge >= 0.3 is 0 Å². The lowest BCUT2D eigenvalue weighted by molar-refractivity contribution is -0.158. The molecule has 1 atom stereocenters. The van der Waals surface area contributed by atoms with Crippen molar-refractivity contribution in [3.05, 3.63) is 29.8 Å². The monoisotopic (exact) mass is 316 g/mol. The highest BCUT2D eigenvalue weighted by molar-refractivity contribution is 5.76. The van der Waals surface area contributed by atoms with Crippen LogP contribution in [0.2, 0.25) is 0 Å². The van der Waals surface area contributed by atoms with Gasteiger partial charge in [0.15, 0.2) is 0 Å². The molecule has 2 aliphatic rings. The lowest BCUT2D eigenvalue weighted by atomic mass is 10.0. The van der Waals surface area contributed by atoms with Crippen molar-refractivity contribution in [1.82, 2.24) is 4.90 Å². The molecule has 1 saturated heterocycles. The summed E-state index contributed by atoms with van der Waals surface area (Å²) < 4.78 is 5.88. The maximum atomic E-state index is 12.5. The fraction of sp³-hybridized carbons (Fsp3) is 0.632. The molecular formula is C19H28N2O2. The van der Waals surface area contributed by atoms with E-state index in [9.17, 15) is 4.79 Å². The Bertz CT molecular complexity index is 570. The first-order valence-electron chi connectivity index (χ1n) is 8.73. The number of rotatable bonds is 4. The Hall–Kier alpha value is -1.55. The van der Waals surface area contributed by atoms with E-state index in [0.717, 1.165) is 32.5 Å². The number of hydrogen-bond acceptors (Lipinski definition) is 3. The van der Waals surface area contributed by atoms with Crippen LogP contribution in [0.5, 0.6) is 0 Å². The number of amides is 1. The van der Waals surface area contributed by atoms with Gasteiger partial charge in [-0.1, -0.05) is 18.2 Å². The van der Waals surface area contributed by atoms with Gasteiger partial charge in [-0.15, -0.1) is 0 Å². The molecule has 0 aromatic heterocycles. The maximum absolute atomic E-state index is 12.5. The van der Waals surface area contributed by atoms with Gasteiger partial charge in [0.05, 0.1) is 11.7 Å². The van der Waals surface area contributed by atoms with Crippen LogP contribution in [-0.2, 0) is 16.0 Å². The SMILES string of the molecule is C[C@H]1CN(C(=O)CCCN2CCc3ccccc32)CC(C)(C)O1. The van der Waals surface area contributed by atoms with Crippen LogP contribution in [0.25, 0.3) is 0 Å². The summed E-state index contributed by atoms with van der Waals surface area (Å²) in [4.78, 5) is 16.9. The molecule has 2 aliphatic heterocycles. The molecule has 0 spiro atoms. The Balaban J connectivity index is 1.49. The minimum absolute atomic E-state index is 0.119. The van der Waals surface area contributed by atoms with Crippen LogP contribution in [0.3, 0.4) is 0 Å². The largest absolute Gasteiger partial charge is 0.371 e. The van der Waals surface area contributed by atoms with Crippen molar-refractivity contribution in [2.75, 3.05) is 31.1 Å². The van der Waals surface area contributed by atoms with Gasteiger partial charge in [0, 0.05) is 38.3 Å². The first-order chi connectivity index (χ1) is 10.9. The Morgan fingerprint density at radius 1 is 1.35 bits per heavy atom. The van der Waals surface area contributed by atoms with Crippen LogP contribution in [0.1, 0.15) is 39.2 Å². The van der Waals surface area contributed by atoms with E-state index in [1.165, 1.54) is 11.3 Å². The van der Waals surface area contributed by atoms with E-state index in [0.29, 0.717) is 13.0 Å². The van der Waals surface area contributed by atoms with Gasteiger partial charge in [-0.2, -0.15) is 0 Å². The van der Waals surface area contributed by atoms with E-state index >= 15 is 0 Å². The molecule has 0 radical (unpaired) electrons. The molecule has 0 N–H and O–H groups in total. The predicted molar refractivity (Wildman–Crippen MR) is 92.8 cm³/mol. The van der Waals surface area contributed by atoms with Crippen molar-refractivity contribution in [2.24, 2.45) is 0 Å². The summed E-state index contributed by atoms with van der Waals surface area (Å²) in [5.41, 5.74) is 2.55. The van der Waals surface area contributed by atoms with Gasteiger partial charge in [0.2, 0.25) is 5.91 Å². The third kappa shape index (κ3) is 3.86. The molecule has 1 amide bonds. The zero-order valence-corrected chi connectivity index (χ0v) is 14.5. The van der Waals surface area contributed by atoms with E-state index in [1.807, 2.05) is 11.8 Å². The number of benzene rings is 1. The van der Waals surface area contributed by atoms with E-state index in [1.54, 1.807) is 0 Å². The number of carbonyl (C=O) groups excluding carboxylic acids is 1. The number of para-hydroxylation sites is 1. The molecule has 2 heterocycles. The number of morpholine rings is 1. The van der Waals surface area contributed by atoms with Crippen LogP contribution in [0.4, 0.5) is 5.69 Å². The Morgan fingerprint density at radius 3 is 2.91 bits per heavy atom. The molecule has 0 unspecified atom stereocenters. The summed E-state index contributed by atoms with van der Waals surface area (Å²) in [6, 6.07) is 8.60. The van der Waals surface area contributed by atoms with Crippen molar-refractivity contribution in [3.8, 4) is 0 Å². The summed E-state index contributed by atoms with van der Waals surface area (Å²) in [6.45, 7) is 9.62. The molecule has 23 heavy (non-hydrogen) atoms. The summed E-state index contributed by atoms with van der Waals surface area (Å²) in [5, 5.41) is 0. The lowest BCUT2D eigenvalue weighted by Gasteiger charge is -2.41. The van der Waals surface area contributed by atoms with Gasteiger partial charge in [-0.3, -0.25) is 4.79 Å². The topological polar surface area (TPSA) is 32.8 Å². The summed E-state index contributed by atoms with van der Waals surface area (Å²) in [7, 11) is 0. The number of fused-ring (bicyclic) bond motifs is 1. The lowest BCUT2D eigenvalue weighted by Crippen LogP contribution is -2.53. The molecule has 0 bridgehead atoms. The van der Waals surface area contributed by atoms with E-state index in [-0.39, 0.29) is 17.6 Å². The molecular weight excluding hydrogens is 288 g/mol. The Morgan fingerprint density at radius 2 is 2.13 bits per heavy atom. The summed E-state index contributed by atoms with van der Waals surface area (Å²) in [5.74, 6) is 0.265. The highest BCUT2D eigenvalue weighted by Crippen LogP contribution is 2.27. The van der Waals surface area contributed by atoms with E-state index in [4.69, 9.17) is 4.74 Å². The molecule has 4 nitrogen and oxygen atoms in total. The minimum atomic E-state index is -0.235. The van der Waals surface area contributed by atoms with Crippen LogP contribution in [0.15, 0.2) is 24.3 Å². The molecule has 126 valence electrons. The standard InChI is InChI=1S/C19H28N2O2/c1-15-13-21(14-19(2,3)23-15)18(22)9-6-11-20-12-10-16-7-4-5-8-17(16)20/h4-5,7-8,15H,6,9-14H2,1-3H3/t15-/m0/s1. The van der Waals surface area contributed by atoms with Crippen molar-refractivity contribution in [3.63, 3.8) is 0 Å². The van der Waals surface area contributed by atoms with Crippen molar-refractivity contribution in [2.45, 2.75) is 51.7 Å². The number of ether oxygens (including phenoxy) is 1. The van der Waals surface area contributed by atoms with Crippen LogP contribution in [-0.4, -0.2) is 48.7 Å². The average Bonchev–Trinajstić information content (AvgIpc) is 2.88. The first kappa shape index (κ1) is 16.3. The highest BCUT2D eigenvalue weighted by Gasteiger charge is 2.33. The normalized spacial score (nSPS) is 23.0. The van der Waals surface area contributed by atoms with Crippen LogP contribution >= 0.6 is 0 Å². The van der Waals surface area contributed by atoms with Crippen LogP contribution in [0, 0.1) is 0 Å². The van der Waals surface area contributed by atoms with E-state index in [2.05, 4.69) is 43.0 Å². The second-order valence-electron chi connectivity index (χ2n) is 7.43. The molecule has 1 aromatic rings. The molecule has 1 aromatic carbocycles. The molecule has 0 saturated carbocycles.